The second kappa shape index (κ2) is 7.63. The van der Waals surface area contributed by atoms with E-state index in [2.05, 4.69) is 10.4 Å². The second-order valence-electron chi connectivity index (χ2n) is 8.18. The number of amides is 1. The van der Waals surface area contributed by atoms with Gasteiger partial charge in [-0.15, -0.1) is 0 Å². The lowest BCUT2D eigenvalue weighted by molar-refractivity contribution is -0.124. The van der Waals surface area contributed by atoms with Gasteiger partial charge in [0.15, 0.2) is 9.84 Å². The molecule has 1 fully saturated rings. The lowest BCUT2D eigenvalue weighted by Crippen LogP contribution is -2.40. The summed E-state index contributed by atoms with van der Waals surface area (Å²) in [7, 11) is -6.97. The Kier molecular flexibility index (Phi) is 5.37. The van der Waals surface area contributed by atoms with Crippen LogP contribution in [0.15, 0.2) is 29.2 Å². The molecule has 1 aromatic carbocycles. The van der Waals surface area contributed by atoms with Crippen molar-refractivity contribution in [3.05, 3.63) is 41.2 Å². The van der Waals surface area contributed by atoms with E-state index in [4.69, 9.17) is 0 Å². The third kappa shape index (κ3) is 3.84. The first-order chi connectivity index (χ1) is 14.5. The molecule has 2 unspecified atom stereocenters. The molecule has 9 nitrogen and oxygen atoms in total. The van der Waals surface area contributed by atoms with E-state index in [0.717, 1.165) is 5.56 Å². The SMILES string of the molecule is Cc1nn(C(C)C(=O)NC2CCS(=O)(=O)C2)c(C)c1S(=O)(=O)N1CCc2ccccc21. The number of fused-ring (bicyclic) bond motifs is 1. The van der Waals surface area contributed by atoms with Crippen LogP contribution in [0.4, 0.5) is 5.69 Å². The van der Waals surface area contributed by atoms with Crippen molar-refractivity contribution < 1.29 is 21.6 Å². The molecule has 31 heavy (non-hydrogen) atoms. The van der Waals surface area contributed by atoms with E-state index < -0.39 is 31.9 Å². The number of aromatic nitrogens is 2. The Balaban J connectivity index is 1.61. The molecular weight excluding hydrogens is 440 g/mol. The largest absolute Gasteiger partial charge is 0.350 e. The molecule has 2 aliphatic rings. The summed E-state index contributed by atoms with van der Waals surface area (Å²) in [4.78, 5) is 12.8. The average molecular weight is 467 g/mol. The van der Waals surface area contributed by atoms with Crippen LogP contribution in [0.2, 0.25) is 0 Å². The van der Waals surface area contributed by atoms with E-state index in [9.17, 15) is 21.6 Å². The molecule has 1 amide bonds. The number of hydrogen-bond donors (Lipinski definition) is 1. The number of para-hydroxylation sites is 1. The molecule has 168 valence electrons. The number of nitrogens with one attached hydrogen (secondary N) is 1. The van der Waals surface area contributed by atoms with Crippen molar-refractivity contribution in [2.75, 3.05) is 22.4 Å². The molecule has 0 saturated carbocycles. The van der Waals surface area contributed by atoms with Crippen molar-refractivity contribution in [2.24, 2.45) is 0 Å². The molecule has 0 spiro atoms. The highest BCUT2D eigenvalue weighted by Crippen LogP contribution is 2.35. The zero-order chi connectivity index (χ0) is 22.6. The van der Waals surface area contributed by atoms with E-state index in [-0.39, 0.29) is 22.3 Å². The second-order valence-corrected chi connectivity index (χ2v) is 12.2. The minimum Gasteiger partial charge on any atom is -0.350 e. The first-order valence-corrected chi connectivity index (χ1v) is 13.4. The molecule has 0 radical (unpaired) electrons. The minimum atomic E-state index is -3.85. The van der Waals surface area contributed by atoms with Crippen LogP contribution in [0.25, 0.3) is 0 Å². The lowest BCUT2D eigenvalue weighted by atomic mass is 10.2. The Hall–Kier alpha value is -2.40. The number of aryl methyl sites for hydroxylation is 1. The lowest BCUT2D eigenvalue weighted by Gasteiger charge is -2.20. The minimum absolute atomic E-state index is 0.0614. The van der Waals surface area contributed by atoms with E-state index in [1.54, 1.807) is 26.8 Å². The Morgan fingerprint density at radius 3 is 2.65 bits per heavy atom. The standard InChI is InChI=1S/C20H26N4O5S2/c1-13-19(31(28,29)23-10-8-16-6-4-5-7-18(16)23)14(2)24(22-13)15(3)20(25)21-17-9-11-30(26,27)12-17/h4-7,15,17H,8-12H2,1-3H3,(H,21,25). The molecular formula is C20H26N4O5S2. The Labute approximate surface area is 182 Å². The zero-order valence-electron chi connectivity index (χ0n) is 17.7. The molecule has 0 bridgehead atoms. The van der Waals surface area contributed by atoms with Crippen LogP contribution in [0.1, 0.15) is 36.3 Å². The van der Waals surface area contributed by atoms with Gasteiger partial charge in [-0.05, 0) is 45.2 Å². The summed E-state index contributed by atoms with van der Waals surface area (Å²) in [5.41, 5.74) is 2.35. The van der Waals surface area contributed by atoms with Crippen LogP contribution in [0.5, 0.6) is 0 Å². The number of anilines is 1. The summed E-state index contributed by atoms with van der Waals surface area (Å²) in [5, 5.41) is 7.12. The topological polar surface area (TPSA) is 118 Å². The van der Waals surface area contributed by atoms with Gasteiger partial charge in [-0.3, -0.25) is 13.8 Å². The van der Waals surface area contributed by atoms with Crippen LogP contribution >= 0.6 is 0 Å². The van der Waals surface area contributed by atoms with Crippen LogP contribution < -0.4 is 9.62 Å². The Morgan fingerprint density at radius 1 is 1.26 bits per heavy atom. The van der Waals surface area contributed by atoms with Crippen molar-refractivity contribution >= 4 is 31.5 Å². The maximum Gasteiger partial charge on any atom is 0.268 e. The van der Waals surface area contributed by atoms with Gasteiger partial charge in [0.05, 0.1) is 28.6 Å². The third-order valence-corrected chi connectivity index (χ3v) is 9.81. The highest BCUT2D eigenvalue weighted by Gasteiger charge is 2.36. The van der Waals surface area contributed by atoms with Gasteiger partial charge in [-0.1, -0.05) is 18.2 Å². The maximum atomic E-state index is 13.5. The molecule has 2 aromatic rings. The first-order valence-electron chi connectivity index (χ1n) is 10.2. The molecule has 2 atom stereocenters. The van der Waals surface area contributed by atoms with Gasteiger partial charge < -0.3 is 5.32 Å². The highest BCUT2D eigenvalue weighted by atomic mass is 32.2. The zero-order valence-corrected chi connectivity index (χ0v) is 19.3. The highest BCUT2D eigenvalue weighted by molar-refractivity contribution is 7.93. The Morgan fingerprint density at radius 2 is 1.97 bits per heavy atom. The summed E-state index contributed by atoms with van der Waals surface area (Å²) in [6.07, 6.45) is 1.02. The van der Waals surface area contributed by atoms with Crippen molar-refractivity contribution in [3.8, 4) is 0 Å². The van der Waals surface area contributed by atoms with Crippen molar-refractivity contribution in [1.82, 2.24) is 15.1 Å². The third-order valence-electron chi connectivity index (χ3n) is 5.98. The fraction of sp³-hybridized carbons (Fsp3) is 0.500. The fourth-order valence-electron chi connectivity index (χ4n) is 4.41. The number of rotatable bonds is 5. The van der Waals surface area contributed by atoms with Gasteiger partial charge in [0.25, 0.3) is 10.0 Å². The number of carbonyl (C=O) groups is 1. The number of sulfone groups is 1. The van der Waals surface area contributed by atoms with Crippen LogP contribution in [-0.2, 0) is 31.1 Å². The molecule has 0 aliphatic carbocycles. The number of carbonyl (C=O) groups excluding carboxylic acids is 1. The van der Waals surface area contributed by atoms with E-state index in [0.29, 0.717) is 36.5 Å². The summed E-state index contributed by atoms with van der Waals surface area (Å²) in [5.74, 6) is -0.397. The number of benzene rings is 1. The van der Waals surface area contributed by atoms with Crippen molar-refractivity contribution in [3.63, 3.8) is 0 Å². The quantitative estimate of drug-likeness (QED) is 0.705. The predicted molar refractivity (Wildman–Crippen MR) is 116 cm³/mol. The van der Waals surface area contributed by atoms with Crippen molar-refractivity contribution in [1.29, 1.82) is 0 Å². The van der Waals surface area contributed by atoms with Crippen molar-refractivity contribution in [2.45, 2.75) is 50.6 Å². The van der Waals surface area contributed by atoms with Gasteiger partial charge in [0.1, 0.15) is 10.9 Å². The number of nitrogens with zero attached hydrogens (tertiary/aromatic N) is 3. The summed E-state index contributed by atoms with van der Waals surface area (Å²) < 4.78 is 53.1. The van der Waals surface area contributed by atoms with Gasteiger partial charge in [0.2, 0.25) is 5.91 Å². The predicted octanol–water partition coefficient (Wildman–Crippen LogP) is 1.12. The van der Waals surface area contributed by atoms with Crippen LogP contribution in [0, 0.1) is 13.8 Å². The molecule has 1 aromatic heterocycles. The smallest absolute Gasteiger partial charge is 0.268 e. The molecule has 11 heteroatoms. The summed E-state index contributed by atoms with van der Waals surface area (Å²) >= 11 is 0. The molecule has 1 N–H and O–H groups in total. The van der Waals surface area contributed by atoms with Gasteiger partial charge >= 0.3 is 0 Å². The summed E-state index contributed by atoms with van der Waals surface area (Å²) in [6, 6.07) is 6.20. The van der Waals surface area contributed by atoms with Crippen LogP contribution in [-0.4, -0.2) is 56.6 Å². The number of hydrogen-bond acceptors (Lipinski definition) is 6. The molecule has 3 heterocycles. The van der Waals surface area contributed by atoms with E-state index >= 15 is 0 Å². The maximum absolute atomic E-state index is 13.5. The van der Waals surface area contributed by atoms with E-state index in [1.165, 1.54) is 8.99 Å². The molecule has 1 saturated heterocycles. The first kappa shape index (κ1) is 21.8. The average Bonchev–Trinajstić information content (AvgIpc) is 3.36. The normalized spacial score (nSPS) is 21.1. The van der Waals surface area contributed by atoms with Crippen LogP contribution in [0.3, 0.4) is 0 Å². The molecule has 4 rings (SSSR count). The monoisotopic (exact) mass is 466 g/mol. The van der Waals surface area contributed by atoms with Gasteiger partial charge in [-0.25, -0.2) is 16.8 Å². The van der Waals surface area contributed by atoms with Gasteiger partial charge in [0, 0.05) is 12.6 Å². The fourth-order valence-corrected chi connectivity index (χ4v) is 7.95. The van der Waals surface area contributed by atoms with E-state index in [1.807, 2.05) is 18.2 Å². The summed E-state index contributed by atoms with van der Waals surface area (Å²) in [6.45, 7) is 5.24. The van der Waals surface area contributed by atoms with Gasteiger partial charge in [-0.2, -0.15) is 5.10 Å². The molecule has 2 aliphatic heterocycles. The number of sulfonamides is 1. The Bertz CT molecular complexity index is 1250.